The number of rotatable bonds is 4. The summed E-state index contributed by atoms with van der Waals surface area (Å²) < 4.78 is 65.0. The summed E-state index contributed by atoms with van der Waals surface area (Å²) in [6, 6.07) is 9.33. The fourth-order valence-electron chi connectivity index (χ4n) is 3.14. The molecule has 0 saturated carbocycles. The highest BCUT2D eigenvalue weighted by Crippen LogP contribution is 2.30. The maximum absolute atomic E-state index is 12.9. The number of alkyl halides is 3. The smallest absolute Gasteiger partial charge is 0.340 e. The van der Waals surface area contributed by atoms with Crippen molar-refractivity contribution in [3.05, 3.63) is 59.7 Å². The lowest BCUT2D eigenvalue weighted by Gasteiger charge is -2.33. The Bertz CT molecular complexity index is 1080. The second kappa shape index (κ2) is 8.67. The van der Waals surface area contributed by atoms with Crippen LogP contribution >= 0.6 is 0 Å². The maximum atomic E-state index is 12.9. The Labute approximate surface area is 177 Å². The third-order valence-electron chi connectivity index (χ3n) is 4.89. The summed E-state index contributed by atoms with van der Waals surface area (Å²) >= 11 is 0. The summed E-state index contributed by atoms with van der Waals surface area (Å²) in [4.78, 5) is 25.4. The van der Waals surface area contributed by atoms with Gasteiger partial charge in [0, 0.05) is 44.4 Å². The van der Waals surface area contributed by atoms with E-state index in [1.54, 1.807) is 4.90 Å². The number of benzene rings is 2. The first-order valence-corrected chi connectivity index (χ1v) is 10.8. The van der Waals surface area contributed by atoms with E-state index in [0.29, 0.717) is 0 Å². The van der Waals surface area contributed by atoms with Gasteiger partial charge < -0.3 is 10.2 Å². The number of carbonyl (C=O) groups is 2. The van der Waals surface area contributed by atoms with Gasteiger partial charge >= 0.3 is 6.18 Å². The normalized spacial score (nSPS) is 15.5. The van der Waals surface area contributed by atoms with E-state index < -0.39 is 27.7 Å². The van der Waals surface area contributed by atoms with Gasteiger partial charge in [0.2, 0.25) is 15.9 Å². The molecule has 0 radical (unpaired) electrons. The van der Waals surface area contributed by atoms with Crippen LogP contribution in [0.4, 0.5) is 18.9 Å². The van der Waals surface area contributed by atoms with Crippen LogP contribution in [0.25, 0.3) is 0 Å². The SMILES string of the molecule is CC(=O)N1CCN(S(=O)(=O)c2cccc(C(=O)Nc3ccc(C(F)(F)F)cc3)c2)CC1. The molecule has 1 heterocycles. The number of nitrogens with one attached hydrogen (secondary N) is 1. The van der Waals surface area contributed by atoms with Crippen LogP contribution in [0, 0.1) is 0 Å². The Morgan fingerprint density at radius 3 is 2.13 bits per heavy atom. The molecule has 2 aromatic rings. The third kappa shape index (κ3) is 5.23. The molecule has 0 atom stereocenters. The van der Waals surface area contributed by atoms with E-state index in [4.69, 9.17) is 0 Å². The second-order valence-electron chi connectivity index (χ2n) is 6.97. The zero-order valence-electron chi connectivity index (χ0n) is 16.5. The predicted molar refractivity (Wildman–Crippen MR) is 107 cm³/mol. The summed E-state index contributed by atoms with van der Waals surface area (Å²) in [5.74, 6) is -0.780. The summed E-state index contributed by atoms with van der Waals surface area (Å²) in [5, 5.41) is 2.45. The molecular formula is C20H20F3N3O4S. The van der Waals surface area contributed by atoms with Gasteiger partial charge in [0.15, 0.2) is 0 Å². The Morgan fingerprint density at radius 1 is 0.968 bits per heavy atom. The lowest BCUT2D eigenvalue weighted by atomic mass is 10.2. The van der Waals surface area contributed by atoms with Gasteiger partial charge in [-0.15, -0.1) is 0 Å². The van der Waals surface area contributed by atoms with E-state index in [9.17, 15) is 31.2 Å². The Hall–Kier alpha value is -2.92. The van der Waals surface area contributed by atoms with Gasteiger partial charge in [-0.3, -0.25) is 9.59 Å². The molecule has 2 amide bonds. The van der Waals surface area contributed by atoms with Crippen molar-refractivity contribution in [1.82, 2.24) is 9.21 Å². The Kier molecular flexibility index (Phi) is 6.37. The fraction of sp³-hybridized carbons (Fsp3) is 0.300. The molecule has 2 aromatic carbocycles. The van der Waals surface area contributed by atoms with Crippen LogP contribution in [-0.4, -0.2) is 55.6 Å². The topological polar surface area (TPSA) is 86.8 Å². The average molecular weight is 455 g/mol. The lowest BCUT2D eigenvalue weighted by Crippen LogP contribution is -2.49. The van der Waals surface area contributed by atoms with Crippen LogP contribution < -0.4 is 5.32 Å². The molecule has 3 rings (SSSR count). The highest BCUT2D eigenvalue weighted by Gasteiger charge is 2.31. The average Bonchev–Trinajstić information content (AvgIpc) is 2.73. The molecule has 11 heteroatoms. The molecule has 1 fully saturated rings. The molecule has 0 aromatic heterocycles. The summed E-state index contributed by atoms with van der Waals surface area (Å²) in [5.41, 5.74) is -0.654. The molecule has 0 spiro atoms. The number of amides is 2. The van der Waals surface area contributed by atoms with Crippen LogP contribution in [0.15, 0.2) is 53.4 Å². The molecule has 0 aliphatic carbocycles. The maximum Gasteiger partial charge on any atom is 0.416 e. The van der Waals surface area contributed by atoms with Crippen molar-refractivity contribution in [1.29, 1.82) is 0 Å². The second-order valence-corrected chi connectivity index (χ2v) is 8.91. The highest BCUT2D eigenvalue weighted by atomic mass is 32.2. The van der Waals surface area contributed by atoms with Crippen LogP contribution in [0.3, 0.4) is 0 Å². The van der Waals surface area contributed by atoms with Gasteiger partial charge in [-0.05, 0) is 42.5 Å². The largest absolute Gasteiger partial charge is 0.416 e. The van der Waals surface area contributed by atoms with Gasteiger partial charge in [-0.25, -0.2) is 8.42 Å². The van der Waals surface area contributed by atoms with E-state index in [0.717, 1.165) is 24.3 Å². The Balaban J connectivity index is 1.73. The molecule has 166 valence electrons. The number of carbonyl (C=O) groups excluding carboxylic acids is 2. The molecule has 7 nitrogen and oxygen atoms in total. The van der Waals surface area contributed by atoms with Crippen molar-refractivity contribution in [2.75, 3.05) is 31.5 Å². The summed E-state index contributed by atoms with van der Waals surface area (Å²) in [6.07, 6.45) is -4.48. The predicted octanol–water partition coefficient (Wildman–Crippen LogP) is 2.81. The van der Waals surface area contributed by atoms with Crippen molar-refractivity contribution in [2.45, 2.75) is 18.0 Å². The van der Waals surface area contributed by atoms with Gasteiger partial charge in [-0.1, -0.05) is 6.07 Å². The number of halogens is 3. The third-order valence-corrected chi connectivity index (χ3v) is 6.78. The van der Waals surface area contributed by atoms with Gasteiger partial charge in [0.1, 0.15) is 0 Å². The number of piperazine rings is 1. The van der Waals surface area contributed by atoms with Gasteiger partial charge in [0.25, 0.3) is 5.91 Å². The lowest BCUT2D eigenvalue weighted by molar-refractivity contribution is -0.137. The van der Waals surface area contributed by atoms with Crippen LogP contribution in [0.5, 0.6) is 0 Å². The van der Waals surface area contributed by atoms with E-state index >= 15 is 0 Å². The number of hydrogen-bond acceptors (Lipinski definition) is 4. The van der Waals surface area contributed by atoms with Gasteiger partial charge in [-0.2, -0.15) is 17.5 Å². The van der Waals surface area contributed by atoms with E-state index in [-0.39, 0.29) is 48.2 Å². The van der Waals surface area contributed by atoms with Crippen molar-refractivity contribution < 1.29 is 31.2 Å². The van der Waals surface area contributed by atoms with Crippen molar-refractivity contribution in [3.8, 4) is 0 Å². The van der Waals surface area contributed by atoms with Crippen LogP contribution in [-0.2, 0) is 21.0 Å². The summed E-state index contributed by atoms with van der Waals surface area (Å²) in [6.45, 7) is 2.27. The molecule has 0 bridgehead atoms. The minimum absolute atomic E-state index is 0.0448. The molecule has 1 aliphatic rings. The molecule has 0 unspecified atom stereocenters. The molecule has 31 heavy (non-hydrogen) atoms. The highest BCUT2D eigenvalue weighted by molar-refractivity contribution is 7.89. The number of nitrogens with zero attached hydrogens (tertiary/aromatic N) is 2. The van der Waals surface area contributed by atoms with Gasteiger partial charge in [0.05, 0.1) is 10.5 Å². The Morgan fingerprint density at radius 2 is 1.58 bits per heavy atom. The minimum Gasteiger partial charge on any atom is -0.340 e. The van der Waals surface area contributed by atoms with Crippen LogP contribution in [0.2, 0.25) is 0 Å². The molecule has 1 N–H and O–H groups in total. The van der Waals surface area contributed by atoms with Crippen molar-refractivity contribution in [2.24, 2.45) is 0 Å². The number of hydrogen-bond donors (Lipinski definition) is 1. The number of anilines is 1. The van der Waals surface area contributed by atoms with Crippen molar-refractivity contribution in [3.63, 3.8) is 0 Å². The fourth-order valence-corrected chi connectivity index (χ4v) is 4.60. The zero-order valence-corrected chi connectivity index (χ0v) is 17.3. The van der Waals surface area contributed by atoms with E-state index in [1.165, 1.54) is 35.5 Å². The van der Waals surface area contributed by atoms with Crippen LogP contribution in [0.1, 0.15) is 22.8 Å². The number of sulfonamides is 1. The molecular weight excluding hydrogens is 435 g/mol. The standard InChI is InChI=1S/C20H20F3N3O4S/c1-14(27)25-9-11-26(12-10-25)31(29,30)18-4-2-3-15(13-18)19(28)24-17-7-5-16(6-8-17)20(21,22)23/h2-8,13H,9-12H2,1H3,(H,24,28). The monoisotopic (exact) mass is 455 g/mol. The summed E-state index contributed by atoms with van der Waals surface area (Å²) in [7, 11) is -3.87. The minimum atomic E-state index is -4.48. The first-order valence-electron chi connectivity index (χ1n) is 9.33. The van der Waals surface area contributed by atoms with E-state index in [1.807, 2.05) is 0 Å². The van der Waals surface area contributed by atoms with Crippen molar-refractivity contribution >= 4 is 27.5 Å². The molecule has 1 saturated heterocycles. The van der Waals surface area contributed by atoms with E-state index in [2.05, 4.69) is 5.32 Å². The first-order chi connectivity index (χ1) is 14.5. The quantitative estimate of drug-likeness (QED) is 0.768. The zero-order chi connectivity index (χ0) is 22.8. The molecule has 1 aliphatic heterocycles. The first kappa shape index (κ1) is 22.8.